The zero-order valence-electron chi connectivity index (χ0n) is 14.8. The van der Waals surface area contributed by atoms with Crippen molar-refractivity contribution in [2.45, 2.75) is 6.04 Å². The predicted molar refractivity (Wildman–Crippen MR) is 106 cm³/mol. The van der Waals surface area contributed by atoms with E-state index in [2.05, 4.69) is 5.32 Å². The Morgan fingerprint density at radius 1 is 1.11 bits per heavy atom. The number of nitrogens with one attached hydrogen (secondary N) is 1. The van der Waals surface area contributed by atoms with E-state index in [-0.39, 0.29) is 22.7 Å². The third-order valence-corrected chi connectivity index (χ3v) is 5.03. The summed E-state index contributed by atoms with van der Waals surface area (Å²) in [5.41, 5.74) is 0.617. The molecule has 1 saturated heterocycles. The molecular weight excluding hydrogens is 403 g/mol. The lowest BCUT2D eigenvalue weighted by atomic mass is 9.95. The second-order valence-corrected chi connectivity index (χ2v) is 6.98. The Kier molecular flexibility index (Phi) is 5.72. The lowest BCUT2D eigenvalue weighted by Gasteiger charge is -2.24. The third-order valence-electron chi connectivity index (χ3n) is 4.45. The molecule has 0 spiro atoms. The topological polar surface area (TPSA) is 86.7 Å². The second kappa shape index (κ2) is 8.04. The molecule has 6 nitrogen and oxygen atoms in total. The van der Waals surface area contributed by atoms with Gasteiger partial charge in [0.15, 0.2) is 0 Å². The van der Waals surface area contributed by atoms with Crippen LogP contribution in [0.3, 0.4) is 0 Å². The van der Waals surface area contributed by atoms with Crippen molar-refractivity contribution in [3.05, 3.63) is 75.3 Å². The summed E-state index contributed by atoms with van der Waals surface area (Å²) in [7, 11) is 1.43. The fourth-order valence-electron chi connectivity index (χ4n) is 3.07. The average molecular weight is 419 g/mol. The van der Waals surface area contributed by atoms with Crippen molar-refractivity contribution >= 4 is 46.6 Å². The normalized spacial score (nSPS) is 18.4. The number of aliphatic hydroxyl groups is 1. The molecule has 2 aromatic carbocycles. The highest BCUT2D eigenvalue weighted by Crippen LogP contribution is 2.40. The summed E-state index contributed by atoms with van der Waals surface area (Å²) >= 11 is 12.1. The molecule has 2 amide bonds. The highest BCUT2D eigenvalue weighted by Gasteiger charge is 2.46. The number of likely N-dealkylation sites (N-methyl/N-ethyl adjacent to an activating group) is 1. The van der Waals surface area contributed by atoms with Crippen molar-refractivity contribution in [1.82, 2.24) is 10.2 Å². The molecule has 2 N–H and O–H groups in total. The summed E-state index contributed by atoms with van der Waals surface area (Å²) in [6, 6.07) is 12.0. The average Bonchev–Trinajstić information content (AvgIpc) is 2.93. The van der Waals surface area contributed by atoms with E-state index in [1.165, 1.54) is 7.05 Å². The van der Waals surface area contributed by atoms with Crippen LogP contribution in [0.25, 0.3) is 5.76 Å². The van der Waals surface area contributed by atoms with Gasteiger partial charge in [0.25, 0.3) is 11.7 Å². The molecule has 0 radical (unpaired) electrons. The van der Waals surface area contributed by atoms with Crippen LogP contribution in [0.1, 0.15) is 17.2 Å². The van der Waals surface area contributed by atoms with Gasteiger partial charge in [-0.25, -0.2) is 0 Å². The minimum Gasteiger partial charge on any atom is -0.507 e. The van der Waals surface area contributed by atoms with Crippen LogP contribution in [0.15, 0.2) is 54.1 Å². The van der Waals surface area contributed by atoms with Crippen molar-refractivity contribution < 1.29 is 19.5 Å². The van der Waals surface area contributed by atoms with Crippen molar-refractivity contribution in [1.29, 1.82) is 0 Å². The molecule has 1 fully saturated rings. The molecule has 1 unspecified atom stereocenters. The lowest BCUT2D eigenvalue weighted by molar-refractivity contribution is -0.141. The maximum atomic E-state index is 12.8. The highest BCUT2D eigenvalue weighted by molar-refractivity contribution is 6.47. The van der Waals surface area contributed by atoms with Gasteiger partial charge < -0.3 is 15.3 Å². The first kappa shape index (κ1) is 19.9. The Morgan fingerprint density at radius 2 is 1.75 bits per heavy atom. The standard InChI is InChI=1S/C20H16Cl2N2O4/c1-23-15(25)10-24-17(11-6-8-12(21)9-7-11)16(19(27)20(24)28)18(26)13-4-2-3-5-14(13)22/h2-9,17,26H,10H2,1H3,(H,23,25). The maximum Gasteiger partial charge on any atom is 0.296 e. The summed E-state index contributed by atoms with van der Waals surface area (Å²) in [5.74, 6) is -2.61. The van der Waals surface area contributed by atoms with Gasteiger partial charge >= 0.3 is 0 Å². The Morgan fingerprint density at radius 3 is 2.36 bits per heavy atom. The Bertz CT molecular complexity index is 986. The van der Waals surface area contributed by atoms with Gasteiger partial charge in [0.1, 0.15) is 12.3 Å². The van der Waals surface area contributed by atoms with E-state index in [9.17, 15) is 19.5 Å². The molecular formula is C20H16Cl2N2O4. The molecule has 1 heterocycles. The monoisotopic (exact) mass is 418 g/mol. The van der Waals surface area contributed by atoms with Gasteiger partial charge in [-0.1, -0.05) is 47.5 Å². The van der Waals surface area contributed by atoms with E-state index in [0.717, 1.165) is 4.90 Å². The molecule has 0 aliphatic carbocycles. The number of halogens is 2. The highest BCUT2D eigenvalue weighted by atomic mass is 35.5. The fraction of sp³-hybridized carbons (Fsp3) is 0.150. The Labute approximate surface area is 171 Å². The number of aliphatic hydroxyl groups excluding tert-OH is 1. The number of amides is 2. The molecule has 8 heteroatoms. The Hall–Kier alpha value is -2.83. The number of hydrogen-bond acceptors (Lipinski definition) is 4. The summed E-state index contributed by atoms with van der Waals surface area (Å²) in [6.07, 6.45) is 0. The largest absolute Gasteiger partial charge is 0.507 e. The first-order valence-corrected chi connectivity index (χ1v) is 9.10. The number of carbonyl (C=O) groups is 3. The number of nitrogens with zero attached hydrogens (tertiary/aromatic N) is 1. The van der Waals surface area contributed by atoms with Gasteiger partial charge in [-0.15, -0.1) is 0 Å². The maximum absolute atomic E-state index is 12.8. The van der Waals surface area contributed by atoms with Gasteiger partial charge in [0, 0.05) is 17.6 Å². The summed E-state index contributed by atoms with van der Waals surface area (Å²) < 4.78 is 0. The molecule has 144 valence electrons. The van der Waals surface area contributed by atoms with Gasteiger partial charge in [-0.3, -0.25) is 14.4 Å². The van der Waals surface area contributed by atoms with Crippen molar-refractivity contribution in [2.24, 2.45) is 0 Å². The van der Waals surface area contributed by atoms with E-state index in [1.54, 1.807) is 48.5 Å². The first-order valence-electron chi connectivity index (χ1n) is 8.34. The van der Waals surface area contributed by atoms with Gasteiger partial charge in [0.2, 0.25) is 5.91 Å². The smallest absolute Gasteiger partial charge is 0.296 e. The minimum atomic E-state index is -0.953. The molecule has 28 heavy (non-hydrogen) atoms. The van der Waals surface area contributed by atoms with E-state index >= 15 is 0 Å². The number of Topliss-reactive ketones (excluding diaryl/α,β-unsaturated/α-hetero) is 1. The Balaban J connectivity index is 2.21. The molecule has 3 rings (SSSR count). The van der Waals surface area contributed by atoms with Crippen LogP contribution < -0.4 is 5.32 Å². The minimum absolute atomic E-state index is 0.135. The van der Waals surface area contributed by atoms with Crippen LogP contribution in [0, 0.1) is 0 Å². The van der Waals surface area contributed by atoms with Gasteiger partial charge in [0.05, 0.1) is 16.6 Å². The fourth-order valence-corrected chi connectivity index (χ4v) is 3.42. The number of carbonyl (C=O) groups excluding carboxylic acids is 3. The number of ketones is 1. The number of benzene rings is 2. The number of likely N-dealkylation sites (tertiary alicyclic amines) is 1. The number of hydrogen-bond donors (Lipinski definition) is 2. The van der Waals surface area contributed by atoms with Crippen LogP contribution in [-0.2, 0) is 14.4 Å². The van der Waals surface area contributed by atoms with Crippen molar-refractivity contribution in [3.8, 4) is 0 Å². The number of rotatable bonds is 4. The van der Waals surface area contributed by atoms with Crippen LogP contribution in [0.4, 0.5) is 0 Å². The summed E-state index contributed by atoms with van der Waals surface area (Å²) in [5, 5.41) is 14.0. The van der Waals surface area contributed by atoms with Crippen molar-refractivity contribution in [3.63, 3.8) is 0 Å². The van der Waals surface area contributed by atoms with E-state index < -0.39 is 29.4 Å². The first-order chi connectivity index (χ1) is 13.3. The molecule has 1 aliphatic heterocycles. The summed E-state index contributed by atoms with van der Waals surface area (Å²) in [4.78, 5) is 38.4. The molecule has 1 aliphatic rings. The van der Waals surface area contributed by atoms with E-state index in [1.807, 2.05) is 0 Å². The zero-order valence-corrected chi connectivity index (χ0v) is 16.3. The van der Waals surface area contributed by atoms with Gasteiger partial charge in [-0.05, 0) is 29.8 Å². The SMILES string of the molecule is CNC(=O)CN1C(=O)C(=O)C(=C(O)c2ccccc2Cl)C1c1ccc(Cl)cc1. The summed E-state index contributed by atoms with van der Waals surface area (Å²) in [6.45, 7) is -0.340. The molecule has 2 aromatic rings. The molecule has 0 aromatic heterocycles. The second-order valence-electron chi connectivity index (χ2n) is 6.13. The van der Waals surface area contributed by atoms with Gasteiger partial charge in [-0.2, -0.15) is 0 Å². The third kappa shape index (κ3) is 3.61. The van der Waals surface area contributed by atoms with Crippen LogP contribution in [-0.4, -0.2) is 41.2 Å². The van der Waals surface area contributed by atoms with Crippen molar-refractivity contribution in [2.75, 3.05) is 13.6 Å². The molecule has 0 bridgehead atoms. The molecule has 1 atom stereocenters. The van der Waals surface area contributed by atoms with E-state index in [0.29, 0.717) is 10.6 Å². The molecule has 0 saturated carbocycles. The quantitative estimate of drug-likeness (QED) is 0.453. The van der Waals surface area contributed by atoms with E-state index in [4.69, 9.17) is 23.2 Å². The van der Waals surface area contributed by atoms with Crippen LogP contribution in [0.2, 0.25) is 10.0 Å². The zero-order chi connectivity index (χ0) is 20.4. The lowest BCUT2D eigenvalue weighted by Crippen LogP contribution is -2.38. The van der Waals surface area contributed by atoms with Crippen LogP contribution in [0.5, 0.6) is 0 Å². The van der Waals surface area contributed by atoms with Crippen LogP contribution >= 0.6 is 23.2 Å². The predicted octanol–water partition coefficient (Wildman–Crippen LogP) is 3.16.